The lowest BCUT2D eigenvalue weighted by Gasteiger charge is -2.33. The van der Waals surface area contributed by atoms with E-state index in [0.29, 0.717) is 18.1 Å². The molecule has 2 N–H and O–H groups in total. The molecule has 3 heterocycles. The van der Waals surface area contributed by atoms with Crippen molar-refractivity contribution in [3.8, 4) is 0 Å². The van der Waals surface area contributed by atoms with Gasteiger partial charge in [-0.2, -0.15) is 16.1 Å². The lowest BCUT2D eigenvalue weighted by molar-refractivity contribution is 0.403. The first kappa shape index (κ1) is 14.2. The summed E-state index contributed by atoms with van der Waals surface area (Å²) in [6, 6.07) is 0. The molecule has 0 spiro atoms. The van der Waals surface area contributed by atoms with E-state index in [-0.39, 0.29) is 21.3 Å². The van der Waals surface area contributed by atoms with Crippen LogP contribution in [0.25, 0.3) is 4.96 Å². The Morgan fingerprint density at radius 2 is 2.00 bits per heavy atom. The number of hydrogen-bond donors (Lipinski definition) is 1. The Morgan fingerprint density at radius 3 is 2.65 bits per heavy atom. The molecule has 2 atom stereocenters. The minimum atomic E-state index is -3.61. The van der Waals surface area contributed by atoms with Crippen LogP contribution in [0.15, 0.2) is 16.6 Å². The topological polar surface area (TPSA) is 80.7 Å². The summed E-state index contributed by atoms with van der Waals surface area (Å²) in [5.74, 6) is 0.0791. The Balaban J connectivity index is 2.07. The predicted octanol–water partition coefficient (Wildman–Crippen LogP) is 1.49. The van der Waals surface area contributed by atoms with Crippen LogP contribution in [-0.2, 0) is 10.0 Å². The first-order valence-corrected chi connectivity index (χ1v) is 9.52. The molecule has 0 saturated carbocycles. The zero-order valence-corrected chi connectivity index (χ0v) is 13.6. The fourth-order valence-corrected chi connectivity index (χ4v) is 6.57. The molecular formula is C11H16N4O2S3. The van der Waals surface area contributed by atoms with Gasteiger partial charge in [0.05, 0.1) is 0 Å². The van der Waals surface area contributed by atoms with Crippen molar-refractivity contribution < 1.29 is 8.42 Å². The molecule has 2 aromatic heterocycles. The summed E-state index contributed by atoms with van der Waals surface area (Å²) in [7, 11) is -3.61. The molecule has 0 radical (unpaired) electrons. The number of nitrogens with zero attached hydrogens (tertiary/aromatic N) is 3. The highest BCUT2D eigenvalue weighted by molar-refractivity contribution is 8.00. The van der Waals surface area contributed by atoms with Crippen LogP contribution in [0.3, 0.4) is 0 Å². The zero-order chi connectivity index (χ0) is 14.5. The van der Waals surface area contributed by atoms with Gasteiger partial charge in [-0.1, -0.05) is 13.8 Å². The molecule has 1 aliphatic heterocycles. The Hall–Kier alpha value is -0.770. The van der Waals surface area contributed by atoms with Gasteiger partial charge in [0.15, 0.2) is 15.8 Å². The SMILES string of the molecule is CC1CN(S(=O)(=O)c2c(N)nc3sccn23)CC(C)S1. The van der Waals surface area contributed by atoms with E-state index in [1.165, 1.54) is 15.6 Å². The molecule has 1 saturated heterocycles. The van der Waals surface area contributed by atoms with Crippen molar-refractivity contribution in [3.05, 3.63) is 11.6 Å². The average molecular weight is 332 g/mol. The maximum Gasteiger partial charge on any atom is 0.262 e. The Morgan fingerprint density at radius 1 is 1.35 bits per heavy atom. The summed E-state index contributed by atoms with van der Waals surface area (Å²) >= 11 is 3.18. The van der Waals surface area contributed by atoms with Gasteiger partial charge in [-0.05, 0) is 0 Å². The van der Waals surface area contributed by atoms with E-state index in [1.54, 1.807) is 16.0 Å². The third kappa shape index (κ3) is 2.22. The summed E-state index contributed by atoms with van der Waals surface area (Å²) in [5.41, 5.74) is 5.82. The number of hydrogen-bond acceptors (Lipinski definition) is 6. The fourth-order valence-electron chi connectivity index (χ4n) is 2.49. The first-order chi connectivity index (χ1) is 9.39. The number of rotatable bonds is 2. The summed E-state index contributed by atoms with van der Waals surface area (Å²) in [6.07, 6.45) is 1.70. The lowest BCUT2D eigenvalue weighted by atomic mass is 10.4. The second-order valence-corrected chi connectivity index (χ2v) is 9.55. The number of thiazole rings is 1. The van der Waals surface area contributed by atoms with Gasteiger partial charge in [0, 0.05) is 35.2 Å². The highest BCUT2D eigenvalue weighted by atomic mass is 32.2. The minimum absolute atomic E-state index is 0.0791. The van der Waals surface area contributed by atoms with Crippen LogP contribution in [0.1, 0.15) is 13.8 Å². The fraction of sp³-hybridized carbons (Fsp3) is 0.545. The molecule has 0 aromatic carbocycles. The third-order valence-corrected chi connectivity index (χ3v) is 7.07. The van der Waals surface area contributed by atoms with E-state index in [1.807, 2.05) is 25.6 Å². The van der Waals surface area contributed by atoms with Gasteiger partial charge in [0.25, 0.3) is 10.0 Å². The van der Waals surface area contributed by atoms with Crippen LogP contribution < -0.4 is 5.73 Å². The van der Waals surface area contributed by atoms with Crippen molar-refractivity contribution in [2.24, 2.45) is 0 Å². The molecular weight excluding hydrogens is 316 g/mol. The highest BCUT2D eigenvalue weighted by Gasteiger charge is 2.35. The predicted molar refractivity (Wildman–Crippen MR) is 82.8 cm³/mol. The average Bonchev–Trinajstić information content (AvgIpc) is 2.86. The second kappa shape index (κ2) is 4.90. The van der Waals surface area contributed by atoms with Crippen molar-refractivity contribution in [1.29, 1.82) is 0 Å². The van der Waals surface area contributed by atoms with Crippen molar-refractivity contribution in [2.75, 3.05) is 18.8 Å². The van der Waals surface area contributed by atoms with Gasteiger partial charge in [-0.3, -0.25) is 4.40 Å². The molecule has 6 nitrogen and oxygen atoms in total. The van der Waals surface area contributed by atoms with Gasteiger partial charge in [0.2, 0.25) is 0 Å². The number of imidazole rings is 1. The number of thioether (sulfide) groups is 1. The van der Waals surface area contributed by atoms with Crippen LogP contribution in [0.4, 0.5) is 5.82 Å². The Bertz CT molecular complexity index is 726. The molecule has 9 heteroatoms. The maximum absolute atomic E-state index is 12.9. The highest BCUT2D eigenvalue weighted by Crippen LogP contribution is 2.31. The first-order valence-electron chi connectivity index (χ1n) is 6.26. The van der Waals surface area contributed by atoms with E-state index in [9.17, 15) is 8.42 Å². The van der Waals surface area contributed by atoms with Gasteiger partial charge in [-0.25, -0.2) is 13.4 Å². The van der Waals surface area contributed by atoms with E-state index in [4.69, 9.17) is 5.73 Å². The largest absolute Gasteiger partial charge is 0.381 e. The summed E-state index contributed by atoms with van der Waals surface area (Å²) < 4.78 is 28.8. The van der Waals surface area contributed by atoms with Crippen LogP contribution in [-0.4, -0.2) is 45.7 Å². The van der Waals surface area contributed by atoms with E-state index >= 15 is 0 Å². The van der Waals surface area contributed by atoms with Crippen LogP contribution in [0, 0.1) is 0 Å². The van der Waals surface area contributed by atoms with E-state index in [0.717, 1.165) is 0 Å². The van der Waals surface area contributed by atoms with Crippen molar-refractivity contribution in [3.63, 3.8) is 0 Å². The number of anilines is 1. The molecule has 0 amide bonds. The summed E-state index contributed by atoms with van der Waals surface area (Å²) in [4.78, 5) is 4.73. The van der Waals surface area contributed by atoms with Crippen molar-refractivity contribution >= 4 is 43.9 Å². The van der Waals surface area contributed by atoms with E-state index in [2.05, 4.69) is 4.98 Å². The van der Waals surface area contributed by atoms with Crippen LogP contribution in [0.5, 0.6) is 0 Å². The number of nitrogens with two attached hydrogens (primary N) is 1. The molecule has 1 aliphatic rings. The van der Waals surface area contributed by atoms with Crippen LogP contribution >= 0.6 is 23.1 Å². The standard InChI is InChI=1S/C11H16N4O2S3/c1-7-5-14(6-8(2)19-7)20(16,17)10-9(12)13-11-15(10)3-4-18-11/h3-4,7-8H,5-6,12H2,1-2H3. The van der Waals surface area contributed by atoms with Gasteiger partial charge < -0.3 is 5.73 Å². The number of aromatic nitrogens is 2. The maximum atomic E-state index is 12.9. The lowest BCUT2D eigenvalue weighted by Crippen LogP contribution is -2.44. The number of sulfonamides is 1. The summed E-state index contributed by atoms with van der Waals surface area (Å²) in [6.45, 7) is 5.11. The normalized spacial score (nSPS) is 25.3. The second-order valence-electron chi connectivity index (χ2n) is 4.94. The minimum Gasteiger partial charge on any atom is -0.381 e. The number of fused-ring (bicyclic) bond motifs is 1. The van der Waals surface area contributed by atoms with Gasteiger partial charge in [-0.15, -0.1) is 11.3 Å². The number of nitrogen functional groups attached to an aromatic ring is 1. The third-order valence-electron chi connectivity index (χ3n) is 3.21. The van der Waals surface area contributed by atoms with Gasteiger partial charge >= 0.3 is 0 Å². The smallest absolute Gasteiger partial charge is 0.262 e. The monoisotopic (exact) mass is 332 g/mol. The molecule has 1 fully saturated rings. The Labute approximate surface area is 126 Å². The van der Waals surface area contributed by atoms with Gasteiger partial charge in [0.1, 0.15) is 0 Å². The quantitative estimate of drug-likeness (QED) is 0.901. The summed E-state index contributed by atoms with van der Waals surface area (Å²) in [5, 5.41) is 2.46. The zero-order valence-electron chi connectivity index (χ0n) is 11.2. The van der Waals surface area contributed by atoms with Crippen LogP contribution in [0.2, 0.25) is 0 Å². The molecule has 110 valence electrons. The molecule has 2 aromatic rings. The molecule has 0 bridgehead atoms. The molecule has 20 heavy (non-hydrogen) atoms. The molecule has 0 aliphatic carbocycles. The Kier molecular flexibility index (Phi) is 3.47. The molecule has 3 rings (SSSR count). The van der Waals surface area contributed by atoms with Crippen molar-refractivity contribution in [2.45, 2.75) is 29.4 Å². The molecule has 2 unspecified atom stereocenters. The van der Waals surface area contributed by atoms with E-state index < -0.39 is 10.0 Å². The van der Waals surface area contributed by atoms with Crippen molar-refractivity contribution in [1.82, 2.24) is 13.7 Å².